The van der Waals surface area contributed by atoms with Gasteiger partial charge in [-0.3, -0.25) is 14.5 Å². The van der Waals surface area contributed by atoms with Crippen LogP contribution in [0.25, 0.3) is 5.76 Å². The topological polar surface area (TPSA) is 88.5 Å². The quantitative estimate of drug-likeness (QED) is 0.271. The van der Waals surface area contributed by atoms with Crippen molar-refractivity contribution < 1.29 is 28.9 Å². The predicted octanol–water partition coefficient (Wildman–Crippen LogP) is 4.94. The zero-order valence-corrected chi connectivity index (χ0v) is 21.6. The van der Waals surface area contributed by atoms with Crippen molar-refractivity contribution >= 4 is 28.8 Å². The molecule has 1 atom stereocenters. The average molecular weight is 515 g/mol. The molecule has 0 radical (unpaired) electrons. The molecule has 2 aliphatic heterocycles. The van der Waals surface area contributed by atoms with Crippen molar-refractivity contribution in [2.75, 3.05) is 43.7 Å². The molecule has 3 aromatic rings. The summed E-state index contributed by atoms with van der Waals surface area (Å²) in [6, 6.07) is 18.8. The molecular formula is C30H30N2O6. The average Bonchev–Trinajstić information content (AvgIpc) is 3.21. The Bertz CT molecular complexity index is 1400. The molecule has 196 valence electrons. The summed E-state index contributed by atoms with van der Waals surface area (Å²) in [6.07, 6.45) is 0.784. The fraction of sp³-hybridized carbons (Fsp3) is 0.267. The van der Waals surface area contributed by atoms with Crippen LogP contribution in [0.4, 0.5) is 11.4 Å². The molecule has 1 unspecified atom stereocenters. The van der Waals surface area contributed by atoms with Crippen LogP contribution in [0, 0.1) is 0 Å². The zero-order valence-electron chi connectivity index (χ0n) is 21.6. The zero-order chi connectivity index (χ0) is 26.8. The Labute approximate surface area is 221 Å². The number of Topliss-reactive ketones (excluding diaryl/α,β-unsaturated/α-hetero) is 1. The van der Waals surface area contributed by atoms with Crippen LogP contribution < -0.4 is 24.0 Å². The molecule has 8 heteroatoms. The Morgan fingerprint density at radius 1 is 1.00 bits per heavy atom. The van der Waals surface area contributed by atoms with Gasteiger partial charge in [0.2, 0.25) is 0 Å². The van der Waals surface area contributed by atoms with E-state index in [9.17, 15) is 14.7 Å². The minimum atomic E-state index is -0.870. The monoisotopic (exact) mass is 514 g/mol. The van der Waals surface area contributed by atoms with Crippen LogP contribution >= 0.6 is 0 Å². The first-order valence-electron chi connectivity index (χ1n) is 12.6. The first-order valence-corrected chi connectivity index (χ1v) is 12.6. The smallest absolute Gasteiger partial charge is 0.300 e. The van der Waals surface area contributed by atoms with E-state index in [0.29, 0.717) is 53.9 Å². The van der Waals surface area contributed by atoms with Gasteiger partial charge in [-0.1, -0.05) is 31.2 Å². The van der Waals surface area contributed by atoms with E-state index in [1.807, 2.05) is 56.3 Å². The highest BCUT2D eigenvalue weighted by Crippen LogP contribution is 2.45. The SMILES string of the molecule is CCCOc1ccccc1N1C(=O)C(=O)/C(=C(\O)c2ccc3c(c2)OCCO3)C1c1ccc(N(C)C)cc1. The minimum Gasteiger partial charge on any atom is -0.507 e. The number of hydrogen-bond donors (Lipinski definition) is 1. The Morgan fingerprint density at radius 3 is 2.42 bits per heavy atom. The summed E-state index contributed by atoms with van der Waals surface area (Å²) in [5.41, 5.74) is 2.46. The number of ketones is 1. The fourth-order valence-electron chi connectivity index (χ4n) is 4.69. The summed E-state index contributed by atoms with van der Waals surface area (Å²) in [5.74, 6) is -0.268. The second-order valence-electron chi connectivity index (χ2n) is 9.33. The highest BCUT2D eigenvalue weighted by Gasteiger charge is 2.47. The fourth-order valence-corrected chi connectivity index (χ4v) is 4.69. The van der Waals surface area contributed by atoms with E-state index < -0.39 is 17.7 Å². The van der Waals surface area contributed by atoms with E-state index in [4.69, 9.17) is 14.2 Å². The molecule has 0 aliphatic carbocycles. The van der Waals surface area contributed by atoms with Gasteiger partial charge < -0.3 is 24.2 Å². The molecule has 1 amide bonds. The van der Waals surface area contributed by atoms with Crippen LogP contribution in [-0.4, -0.2) is 50.7 Å². The number of aliphatic hydroxyl groups excluding tert-OH is 1. The number of ether oxygens (including phenoxy) is 3. The molecule has 1 saturated heterocycles. The molecule has 3 aromatic carbocycles. The van der Waals surface area contributed by atoms with Crippen molar-refractivity contribution in [3.8, 4) is 17.2 Å². The van der Waals surface area contributed by atoms with Crippen LogP contribution in [0.15, 0.2) is 72.3 Å². The van der Waals surface area contributed by atoms with Crippen molar-refractivity contribution in [3.05, 3.63) is 83.4 Å². The van der Waals surface area contributed by atoms with Crippen molar-refractivity contribution in [1.82, 2.24) is 0 Å². The van der Waals surface area contributed by atoms with Gasteiger partial charge in [0.05, 0.1) is 23.9 Å². The predicted molar refractivity (Wildman–Crippen MR) is 145 cm³/mol. The molecule has 0 spiro atoms. The van der Waals surface area contributed by atoms with Crippen LogP contribution in [0.3, 0.4) is 0 Å². The lowest BCUT2D eigenvalue weighted by molar-refractivity contribution is -0.132. The highest BCUT2D eigenvalue weighted by molar-refractivity contribution is 6.52. The maximum absolute atomic E-state index is 13.6. The molecule has 1 fully saturated rings. The van der Waals surface area contributed by atoms with E-state index in [2.05, 4.69) is 0 Å². The third kappa shape index (κ3) is 4.53. The van der Waals surface area contributed by atoms with Crippen LogP contribution in [0.5, 0.6) is 17.2 Å². The van der Waals surface area contributed by atoms with E-state index >= 15 is 0 Å². The van der Waals surface area contributed by atoms with Crippen molar-refractivity contribution in [2.24, 2.45) is 0 Å². The van der Waals surface area contributed by atoms with Gasteiger partial charge in [0.15, 0.2) is 11.5 Å². The minimum absolute atomic E-state index is 0.00502. The normalized spacial score (nSPS) is 18.0. The second kappa shape index (κ2) is 10.5. The number of rotatable bonds is 7. The lowest BCUT2D eigenvalue weighted by Gasteiger charge is -2.27. The Kier molecular flexibility index (Phi) is 6.96. The number of nitrogens with zero attached hydrogens (tertiary/aromatic N) is 2. The van der Waals surface area contributed by atoms with Gasteiger partial charge >= 0.3 is 0 Å². The maximum Gasteiger partial charge on any atom is 0.300 e. The molecule has 38 heavy (non-hydrogen) atoms. The van der Waals surface area contributed by atoms with Crippen molar-refractivity contribution in [2.45, 2.75) is 19.4 Å². The van der Waals surface area contributed by atoms with E-state index in [1.54, 1.807) is 36.4 Å². The first kappa shape index (κ1) is 25.2. The van der Waals surface area contributed by atoms with Crippen LogP contribution in [-0.2, 0) is 9.59 Å². The summed E-state index contributed by atoms with van der Waals surface area (Å²) >= 11 is 0. The van der Waals surface area contributed by atoms with Gasteiger partial charge in [-0.25, -0.2) is 0 Å². The summed E-state index contributed by atoms with van der Waals surface area (Å²) in [6.45, 7) is 3.27. The molecule has 2 aliphatic rings. The molecule has 0 aromatic heterocycles. The Hall–Kier alpha value is -4.46. The molecular weight excluding hydrogens is 484 g/mol. The molecule has 8 nitrogen and oxygen atoms in total. The molecule has 0 saturated carbocycles. The second-order valence-corrected chi connectivity index (χ2v) is 9.33. The molecule has 0 bridgehead atoms. The van der Waals surface area contributed by atoms with Gasteiger partial charge in [-0.15, -0.1) is 0 Å². The van der Waals surface area contributed by atoms with Gasteiger partial charge in [-0.2, -0.15) is 0 Å². The number of fused-ring (bicyclic) bond motifs is 1. The van der Waals surface area contributed by atoms with Crippen LogP contribution in [0.1, 0.15) is 30.5 Å². The summed E-state index contributed by atoms with van der Waals surface area (Å²) in [5, 5.41) is 11.5. The molecule has 1 N–H and O–H groups in total. The number of benzene rings is 3. The third-order valence-corrected chi connectivity index (χ3v) is 6.57. The molecule has 5 rings (SSSR count). The van der Waals surface area contributed by atoms with Gasteiger partial charge in [0.1, 0.15) is 24.7 Å². The number of aliphatic hydroxyl groups is 1. The first-order chi connectivity index (χ1) is 18.4. The van der Waals surface area contributed by atoms with E-state index in [0.717, 1.165) is 12.1 Å². The highest BCUT2D eigenvalue weighted by atomic mass is 16.6. The largest absolute Gasteiger partial charge is 0.507 e. The number of anilines is 2. The molecule has 2 heterocycles. The summed E-state index contributed by atoms with van der Waals surface area (Å²) < 4.78 is 17.2. The number of carbonyl (C=O) groups excluding carboxylic acids is 2. The standard InChI is InChI=1S/C30H30N2O6/c1-4-15-36-23-8-6-5-7-22(23)32-27(19-9-12-21(13-10-19)31(2)3)26(29(34)30(32)35)28(33)20-11-14-24-25(18-20)38-17-16-37-24/h5-14,18,27,33H,4,15-17H2,1-3H3/b28-26-. The number of amides is 1. The van der Waals surface area contributed by atoms with Crippen molar-refractivity contribution in [3.63, 3.8) is 0 Å². The van der Waals surface area contributed by atoms with Gasteiger partial charge in [-0.05, 0) is 54.4 Å². The van der Waals surface area contributed by atoms with Crippen LogP contribution in [0.2, 0.25) is 0 Å². The van der Waals surface area contributed by atoms with Gasteiger partial charge in [0.25, 0.3) is 11.7 Å². The number of para-hydroxylation sites is 2. The van der Waals surface area contributed by atoms with Crippen molar-refractivity contribution in [1.29, 1.82) is 0 Å². The lowest BCUT2D eigenvalue weighted by Crippen LogP contribution is -2.30. The van der Waals surface area contributed by atoms with Gasteiger partial charge in [0, 0.05) is 25.3 Å². The summed E-state index contributed by atoms with van der Waals surface area (Å²) in [4.78, 5) is 30.5. The third-order valence-electron chi connectivity index (χ3n) is 6.57. The van der Waals surface area contributed by atoms with E-state index in [1.165, 1.54) is 4.90 Å². The summed E-state index contributed by atoms with van der Waals surface area (Å²) in [7, 11) is 3.87. The van der Waals surface area contributed by atoms with E-state index in [-0.39, 0.29) is 11.3 Å². The number of carbonyl (C=O) groups is 2. The maximum atomic E-state index is 13.6. The lowest BCUT2D eigenvalue weighted by atomic mass is 9.94. The Balaban J connectivity index is 1.68. The number of hydrogen-bond acceptors (Lipinski definition) is 7. The Morgan fingerprint density at radius 2 is 1.71 bits per heavy atom.